The highest BCUT2D eigenvalue weighted by Gasteiger charge is 2.12. The summed E-state index contributed by atoms with van der Waals surface area (Å²) in [4.78, 5) is 0. The molecule has 0 spiro atoms. The minimum Gasteiger partial charge on any atom is -0.348 e. The van der Waals surface area contributed by atoms with E-state index >= 15 is 0 Å². The average molecular weight is 262 g/mol. The molecular weight excluding hydrogens is 240 g/mol. The van der Waals surface area contributed by atoms with Crippen LogP contribution in [0.25, 0.3) is 0 Å². The lowest BCUT2D eigenvalue weighted by atomic mass is 10.1. The Kier molecular flexibility index (Phi) is 4.74. The van der Waals surface area contributed by atoms with Gasteiger partial charge in [0.05, 0.1) is 6.54 Å². The van der Waals surface area contributed by atoms with E-state index in [1.165, 1.54) is 12.0 Å². The zero-order valence-corrected chi connectivity index (χ0v) is 11.9. The molecule has 0 amide bonds. The summed E-state index contributed by atoms with van der Waals surface area (Å²) in [6, 6.07) is 2.61. The molecule has 0 aromatic carbocycles. The summed E-state index contributed by atoms with van der Waals surface area (Å²) >= 11 is 0. The molecule has 0 bridgehead atoms. The molecule has 1 unspecified atom stereocenters. The lowest BCUT2D eigenvalue weighted by molar-refractivity contribution is 0.300. The Balaban J connectivity index is 2.07. The highest BCUT2D eigenvalue weighted by Crippen LogP contribution is 2.19. The van der Waals surface area contributed by atoms with E-state index in [0.717, 1.165) is 24.4 Å². The lowest BCUT2D eigenvalue weighted by Crippen LogP contribution is -2.20. The Labute approximate surface area is 114 Å². The minimum absolute atomic E-state index is 0.438. The molecule has 2 heterocycles. The van der Waals surface area contributed by atoms with Crippen LogP contribution in [0.1, 0.15) is 49.7 Å². The van der Waals surface area contributed by atoms with Crippen molar-refractivity contribution in [3.8, 4) is 0 Å². The highest BCUT2D eigenvalue weighted by atomic mass is 16.6. The summed E-state index contributed by atoms with van der Waals surface area (Å²) in [5.74, 6) is 0. The van der Waals surface area contributed by atoms with Gasteiger partial charge in [-0.2, -0.15) is 0 Å². The van der Waals surface area contributed by atoms with Crippen molar-refractivity contribution >= 4 is 0 Å². The van der Waals surface area contributed by atoms with Crippen LogP contribution in [-0.4, -0.2) is 21.4 Å². The minimum atomic E-state index is 0.438. The van der Waals surface area contributed by atoms with Crippen LogP contribution >= 0.6 is 0 Å². The topological polar surface area (TPSA) is 55.9 Å². The number of nitrogens with zero attached hydrogens (tertiary/aromatic N) is 3. The molecule has 2 aromatic rings. The van der Waals surface area contributed by atoms with Crippen molar-refractivity contribution in [2.75, 3.05) is 6.54 Å². The van der Waals surface area contributed by atoms with Crippen LogP contribution in [0.5, 0.6) is 0 Å². The number of hydrogen-bond donors (Lipinski definition) is 1. The molecule has 0 aliphatic rings. The van der Waals surface area contributed by atoms with Gasteiger partial charge in [0.1, 0.15) is 11.4 Å². The molecule has 2 rings (SSSR count). The van der Waals surface area contributed by atoms with E-state index in [-0.39, 0.29) is 0 Å². The molecule has 0 aliphatic heterocycles. The van der Waals surface area contributed by atoms with E-state index in [1.54, 1.807) is 0 Å². The zero-order valence-electron chi connectivity index (χ0n) is 11.9. The molecule has 19 heavy (non-hydrogen) atoms. The number of hydrogen-bond acceptors (Lipinski definition) is 4. The first kappa shape index (κ1) is 13.8. The van der Waals surface area contributed by atoms with E-state index in [4.69, 9.17) is 4.63 Å². The maximum absolute atomic E-state index is 4.72. The average Bonchev–Trinajstić information content (AvgIpc) is 3.00. The van der Waals surface area contributed by atoms with Gasteiger partial charge in [-0.25, -0.2) is 4.63 Å². The van der Waals surface area contributed by atoms with Crippen LogP contribution in [0.3, 0.4) is 0 Å². The standard InChI is InChI=1S/C14H22N4O/c1-4-6-13(15-5-2)12-7-8-18(9-12)10-14-11(3)16-19-17-14/h7-9,13,15H,4-6,10H2,1-3H3. The second kappa shape index (κ2) is 6.52. The lowest BCUT2D eigenvalue weighted by Gasteiger charge is -2.15. The van der Waals surface area contributed by atoms with Crippen molar-refractivity contribution in [1.29, 1.82) is 0 Å². The summed E-state index contributed by atoms with van der Waals surface area (Å²) in [6.45, 7) is 7.97. The molecule has 0 fully saturated rings. The molecule has 5 nitrogen and oxygen atoms in total. The second-order valence-corrected chi connectivity index (χ2v) is 4.81. The molecule has 0 saturated carbocycles. The third-order valence-electron chi connectivity index (χ3n) is 3.28. The summed E-state index contributed by atoms with van der Waals surface area (Å²) in [5, 5.41) is 11.2. The molecule has 5 heteroatoms. The van der Waals surface area contributed by atoms with Gasteiger partial charge >= 0.3 is 0 Å². The number of aryl methyl sites for hydroxylation is 1. The Hall–Kier alpha value is -1.62. The molecule has 0 saturated heterocycles. The summed E-state index contributed by atoms with van der Waals surface area (Å²) < 4.78 is 6.85. The molecular formula is C14H22N4O. The van der Waals surface area contributed by atoms with E-state index < -0.39 is 0 Å². The summed E-state index contributed by atoms with van der Waals surface area (Å²) in [5.41, 5.74) is 3.07. The van der Waals surface area contributed by atoms with Crippen molar-refractivity contribution in [1.82, 2.24) is 20.2 Å². The number of aromatic nitrogens is 3. The summed E-state index contributed by atoms with van der Waals surface area (Å²) in [7, 11) is 0. The number of nitrogens with one attached hydrogen (secondary N) is 1. The molecule has 104 valence electrons. The van der Waals surface area contributed by atoms with Gasteiger partial charge in [0, 0.05) is 18.4 Å². The SMILES string of the molecule is CCCC(NCC)c1ccn(Cc2nonc2C)c1. The predicted molar refractivity (Wildman–Crippen MR) is 73.9 cm³/mol. The maximum Gasteiger partial charge on any atom is 0.127 e. The van der Waals surface area contributed by atoms with Crippen LogP contribution in [-0.2, 0) is 6.54 Å². The molecule has 1 N–H and O–H groups in total. The Morgan fingerprint density at radius 2 is 2.21 bits per heavy atom. The van der Waals surface area contributed by atoms with Gasteiger partial charge in [-0.05, 0) is 31.5 Å². The fraction of sp³-hybridized carbons (Fsp3) is 0.571. The van der Waals surface area contributed by atoms with Crippen molar-refractivity contribution in [2.45, 2.75) is 46.2 Å². The molecule has 1 atom stereocenters. The van der Waals surface area contributed by atoms with Gasteiger partial charge in [-0.1, -0.05) is 30.6 Å². The van der Waals surface area contributed by atoms with Gasteiger partial charge in [-0.15, -0.1) is 0 Å². The smallest absolute Gasteiger partial charge is 0.127 e. The van der Waals surface area contributed by atoms with E-state index in [2.05, 4.69) is 52.5 Å². The Morgan fingerprint density at radius 1 is 1.37 bits per heavy atom. The van der Waals surface area contributed by atoms with Crippen LogP contribution < -0.4 is 5.32 Å². The van der Waals surface area contributed by atoms with Crippen molar-refractivity contribution in [2.24, 2.45) is 0 Å². The summed E-state index contributed by atoms with van der Waals surface area (Å²) in [6.07, 6.45) is 6.60. The van der Waals surface area contributed by atoms with Gasteiger partial charge in [-0.3, -0.25) is 0 Å². The van der Waals surface area contributed by atoms with Crippen molar-refractivity contribution in [3.05, 3.63) is 35.4 Å². The predicted octanol–water partition coefficient (Wildman–Crippen LogP) is 2.68. The quantitative estimate of drug-likeness (QED) is 0.833. The third-order valence-corrected chi connectivity index (χ3v) is 3.28. The Morgan fingerprint density at radius 3 is 2.84 bits per heavy atom. The first-order chi connectivity index (χ1) is 9.24. The molecule has 0 radical (unpaired) electrons. The third kappa shape index (κ3) is 3.44. The van der Waals surface area contributed by atoms with Crippen LogP contribution in [0.2, 0.25) is 0 Å². The van der Waals surface area contributed by atoms with E-state index in [0.29, 0.717) is 12.6 Å². The highest BCUT2D eigenvalue weighted by molar-refractivity contribution is 5.17. The Bertz CT molecular complexity index is 497. The monoisotopic (exact) mass is 262 g/mol. The van der Waals surface area contributed by atoms with E-state index in [1.807, 2.05) is 6.92 Å². The van der Waals surface area contributed by atoms with Crippen molar-refractivity contribution < 1.29 is 4.63 Å². The van der Waals surface area contributed by atoms with Crippen LogP contribution in [0.4, 0.5) is 0 Å². The fourth-order valence-electron chi connectivity index (χ4n) is 2.25. The van der Waals surface area contributed by atoms with Gasteiger partial charge < -0.3 is 9.88 Å². The van der Waals surface area contributed by atoms with E-state index in [9.17, 15) is 0 Å². The first-order valence-electron chi connectivity index (χ1n) is 6.91. The maximum atomic E-state index is 4.72. The van der Waals surface area contributed by atoms with Gasteiger partial charge in [0.15, 0.2) is 0 Å². The van der Waals surface area contributed by atoms with Gasteiger partial charge in [0.25, 0.3) is 0 Å². The second-order valence-electron chi connectivity index (χ2n) is 4.81. The van der Waals surface area contributed by atoms with Gasteiger partial charge in [0.2, 0.25) is 0 Å². The largest absolute Gasteiger partial charge is 0.348 e. The molecule has 0 aliphatic carbocycles. The van der Waals surface area contributed by atoms with Crippen LogP contribution in [0, 0.1) is 6.92 Å². The zero-order chi connectivity index (χ0) is 13.7. The number of rotatable bonds is 7. The fourth-order valence-corrected chi connectivity index (χ4v) is 2.25. The van der Waals surface area contributed by atoms with Crippen LogP contribution in [0.15, 0.2) is 23.1 Å². The van der Waals surface area contributed by atoms with Crippen molar-refractivity contribution in [3.63, 3.8) is 0 Å². The first-order valence-corrected chi connectivity index (χ1v) is 6.91. The normalized spacial score (nSPS) is 12.8. The molecule has 2 aromatic heterocycles.